The minimum atomic E-state index is -1.18. The quantitative estimate of drug-likeness (QED) is 0.174. The maximum absolute atomic E-state index is 14.1. The van der Waals surface area contributed by atoms with Crippen LogP contribution in [-0.2, 0) is 28.5 Å². The lowest BCUT2D eigenvalue weighted by molar-refractivity contribution is -0.181. The number of rotatable bonds is 16. The summed E-state index contributed by atoms with van der Waals surface area (Å²) in [7, 11) is 3.40. The molecule has 0 aromatic heterocycles. The minimum absolute atomic E-state index is 0.00353. The van der Waals surface area contributed by atoms with Gasteiger partial charge in [-0.2, -0.15) is 0 Å². The molecule has 45 heavy (non-hydrogen) atoms. The lowest BCUT2D eigenvalue weighted by Crippen LogP contribution is -2.56. The first-order chi connectivity index (χ1) is 20.7. The largest absolute Gasteiger partial charge is 0.472 e. The summed E-state index contributed by atoms with van der Waals surface area (Å²) < 4.78 is 24.8. The SMILES string of the molecule is CCC(C)(OC(CNC(C)(C)C)COC(=NC)C(=NC)N1CCOCC1)C(=O)C(C)OC(C)(CC)C(=O)C(C)(C)C(C)(C)CC. The minimum Gasteiger partial charge on any atom is -0.472 e. The van der Waals surface area contributed by atoms with Gasteiger partial charge in [-0.25, -0.2) is 0 Å². The zero-order chi connectivity index (χ0) is 34.9. The summed E-state index contributed by atoms with van der Waals surface area (Å²) in [6.07, 6.45) is 0.353. The molecule has 1 aliphatic rings. The number of carbonyl (C=O) groups is 2. The van der Waals surface area contributed by atoms with Crippen molar-refractivity contribution in [2.24, 2.45) is 20.8 Å². The number of nitrogens with one attached hydrogen (secondary N) is 1. The van der Waals surface area contributed by atoms with Crippen LogP contribution in [0.25, 0.3) is 0 Å². The van der Waals surface area contributed by atoms with Crippen LogP contribution >= 0.6 is 0 Å². The van der Waals surface area contributed by atoms with Gasteiger partial charge in [-0.1, -0.05) is 54.9 Å². The van der Waals surface area contributed by atoms with E-state index >= 15 is 0 Å². The normalized spacial score (nSPS) is 19.8. The molecule has 0 aromatic carbocycles. The molecular weight excluding hydrogens is 572 g/mol. The van der Waals surface area contributed by atoms with Crippen molar-refractivity contribution in [1.29, 1.82) is 0 Å². The zero-order valence-electron chi connectivity index (χ0n) is 31.3. The Morgan fingerprint density at radius 3 is 1.84 bits per heavy atom. The second-order valence-corrected chi connectivity index (χ2v) is 14.8. The zero-order valence-corrected chi connectivity index (χ0v) is 31.3. The fourth-order valence-electron chi connectivity index (χ4n) is 5.37. The van der Waals surface area contributed by atoms with Crippen molar-refractivity contribution in [3.05, 3.63) is 0 Å². The molecule has 0 amide bonds. The Kier molecular flexibility index (Phi) is 15.4. The van der Waals surface area contributed by atoms with Crippen LogP contribution in [0.1, 0.15) is 109 Å². The Bertz CT molecular complexity index is 1030. The van der Waals surface area contributed by atoms with Crippen molar-refractivity contribution < 1.29 is 28.5 Å². The van der Waals surface area contributed by atoms with Gasteiger partial charge in [0.2, 0.25) is 0 Å². The average Bonchev–Trinajstić information content (AvgIpc) is 3.00. The second kappa shape index (κ2) is 16.8. The number of ether oxygens (including phenoxy) is 4. The molecule has 4 atom stereocenters. The van der Waals surface area contributed by atoms with Gasteiger partial charge in [0.25, 0.3) is 5.90 Å². The molecule has 1 heterocycles. The topological polar surface area (TPSA) is 111 Å². The molecule has 10 heteroatoms. The highest BCUT2D eigenvalue weighted by molar-refractivity contribution is 6.37. The average molecular weight is 639 g/mol. The summed E-state index contributed by atoms with van der Waals surface area (Å²) in [5.74, 6) is 0.875. The van der Waals surface area contributed by atoms with E-state index < -0.39 is 28.8 Å². The van der Waals surface area contributed by atoms with E-state index in [0.29, 0.717) is 57.4 Å². The Labute approximate surface area is 274 Å². The van der Waals surface area contributed by atoms with Gasteiger partial charge in [-0.15, -0.1) is 0 Å². The molecular formula is C35H66N4O6. The van der Waals surface area contributed by atoms with Crippen LogP contribution in [0, 0.1) is 10.8 Å². The van der Waals surface area contributed by atoms with E-state index in [1.54, 1.807) is 27.9 Å². The first-order valence-electron chi connectivity index (χ1n) is 16.8. The molecule has 4 unspecified atom stereocenters. The maximum Gasteiger partial charge on any atom is 0.252 e. The number of Topliss-reactive ketones (excluding diaryl/α,β-unsaturated/α-hetero) is 2. The molecule has 0 spiro atoms. The van der Waals surface area contributed by atoms with Crippen molar-refractivity contribution in [1.82, 2.24) is 10.2 Å². The van der Waals surface area contributed by atoms with Crippen LogP contribution in [0.3, 0.4) is 0 Å². The standard InChI is InChI=1S/C35H66N4O6/c1-16-32(8,9)33(10,11)30(41)35(13,18-3)44-25(4)27(40)34(12,17-2)45-26(23-38-31(5,6)7)24-43-29(37-15)28(36-14)39-19-21-42-22-20-39/h25-26,38H,16-24H2,1-15H3. The van der Waals surface area contributed by atoms with Crippen molar-refractivity contribution >= 4 is 23.3 Å². The number of ketones is 2. The van der Waals surface area contributed by atoms with Crippen molar-refractivity contribution in [2.75, 3.05) is 53.6 Å². The van der Waals surface area contributed by atoms with Crippen LogP contribution in [0.4, 0.5) is 0 Å². The Balaban J connectivity index is 3.24. The molecule has 1 fully saturated rings. The number of aliphatic imine (C=N–C) groups is 2. The first-order valence-corrected chi connectivity index (χ1v) is 16.8. The summed E-state index contributed by atoms with van der Waals surface area (Å²) in [6, 6.07) is 0. The smallest absolute Gasteiger partial charge is 0.252 e. The number of hydrogen-bond acceptors (Lipinski definition) is 9. The molecule has 10 nitrogen and oxygen atoms in total. The van der Waals surface area contributed by atoms with Gasteiger partial charge in [-0.05, 0) is 59.8 Å². The van der Waals surface area contributed by atoms with Crippen molar-refractivity contribution in [3.8, 4) is 0 Å². The van der Waals surface area contributed by atoms with E-state index in [1.807, 2.05) is 34.6 Å². The Morgan fingerprint density at radius 2 is 1.40 bits per heavy atom. The fourth-order valence-corrected chi connectivity index (χ4v) is 5.37. The summed E-state index contributed by atoms with van der Waals surface area (Å²) in [5, 5.41) is 3.49. The summed E-state index contributed by atoms with van der Waals surface area (Å²) >= 11 is 0. The predicted octanol–water partition coefficient (Wildman–Crippen LogP) is 5.51. The highest BCUT2D eigenvalue weighted by Gasteiger charge is 2.51. The van der Waals surface area contributed by atoms with Gasteiger partial charge in [0.15, 0.2) is 17.4 Å². The lowest BCUT2D eigenvalue weighted by atomic mass is 9.61. The molecule has 1 rings (SSSR count). The molecule has 262 valence electrons. The summed E-state index contributed by atoms with van der Waals surface area (Å²) in [4.78, 5) is 39.1. The van der Waals surface area contributed by atoms with Gasteiger partial charge < -0.3 is 29.2 Å². The highest BCUT2D eigenvalue weighted by atomic mass is 16.6. The van der Waals surface area contributed by atoms with Crippen LogP contribution in [0.5, 0.6) is 0 Å². The molecule has 0 aliphatic carbocycles. The van der Waals surface area contributed by atoms with Gasteiger partial charge in [0, 0.05) is 44.7 Å². The number of nitrogens with zero attached hydrogens (tertiary/aromatic N) is 3. The molecule has 0 aromatic rings. The van der Waals surface area contributed by atoms with Crippen molar-refractivity contribution in [3.63, 3.8) is 0 Å². The number of amidine groups is 1. The maximum atomic E-state index is 14.1. The molecule has 0 radical (unpaired) electrons. The van der Waals surface area contributed by atoms with E-state index in [9.17, 15) is 9.59 Å². The monoisotopic (exact) mass is 638 g/mol. The van der Waals surface area contributed by atoms with Crippen molar-refractivity contribution in [2.45, 2.75) is 138 Å². The Morgan fingerprint density at radius 1 is 0.844 bits per heavy atom. The number of carbonyl (C=O) groups excluding carboxylic acids is 2. The van der Waals surface area contributed by atoms with E-state index in [-0.39, 0.29) is 29.1 Å². The highest BCUT2D eigenvalue weighted by Crippen LogP contribution is 2.45. The molecule has 0 bridgehead atoms. The van der Waals surface area contributed by atoms with E-state index in [1.165, 1.54) is 0 Å². The van der Waals surface area contributed by atoms with Crippen LogP contribution in [0.15, 0.2) is 9.98 Å². The van der Waals surface area contributed by atoms with E-state index in [2.05, 4.69) is 61.7 Å². The summed E-state index contributed by atoms with van der Waals surface area (Å²) in [5.41, 5.74) is -3.38. The third kappa shape index (κ3) is 10.8. The van der Waals surface area contributed by atoms with E-state index in [0.717, 1.165) is 6.42 Å². The fraction of sp³-hybridized carbons (Fsp3) is 0.886. The van der Waals surface area contributed by atoms with Crippen LogP contribution in [-0.4, -0.2) is 111 Å². The third-order valence-electron chi connectivity index (χ3n) is 9.91. The number of hydrogen-bond donors (Lipinski definition) is 1. The molecule has 1 N–H and O–H groups in total. The van der Waals surface area contributed by atoms with Crippen LogP contribution in [0.2, 0.25) is 0 Å². The van der Waals surface area contributed by atoms with Gasteiger partial charge in [0.05, 0.1) is 13.2 Å². The molecule has 1 aliphatic heterocycles. The Hall–Kier alpha value is -1.88. The third-order valence-corrected chi connectivity index (χ3v) is 9.91. The number of morpholine rings is 1. The lowest BCUT2D eigenvalue weighted by Gasteiger charge is -2.45. The van der Waals surface area contributed by atoms with Gasteiger partial charge >= 0.3 is 0 Å². The second-order valence-electron chi connectivity index (χ2n) is 14.8. The van der Waals surface area contributed by atoms with Gasteiger partial charge in [-0.3, -0.25) is 19.6 Å². The molecule has 0 saturated carbocycles. The van der Waals surface area contributed by atoms with Crippen LogP contribution < -0.4 is 5.32 Å². The predicted molar refractivity (Wildman–Crippen MR) is 183 cm³/mol. The molecule has 1 saturated heterocycles. The van der Waals surface area contributed by atoms with E-state index in [4.69, 9.17) is 18.9 Å². The van der Waals surface area contributed by atoms with Gasteiger partial charge in [0.1, 0.15) is 30.0 Å². The summed E-state index contributed by atoms with van der Waals surface area (Å²) in [6.45, 7) is 28.9. The first kappa shape index (κ1) is 41.1.